The second-order valence-electron chi connectivity index (χ2n) is 6.51. The van der Waals surface area contributed by atoms with Gasteiger partial charge >= 0.3 is 0 Å². The van der Waals surface area contributed by atoms with Crippen LogP contribution in [-0.2, 0) is 13.0 Å². The van der Waals surface area contributed by atoms with Gasteiger partial charge < -0.3 is 9.26 Å². The molecule has 4 rings (SSSR count). The number of aryl methyl sites for hydroxylation is 2. The third-order valence-electron chi connectivity index (χ3n) is 4.28. The van der Waals surface area contributed by atoms with E-state index in [1.165, 1.54) is 0 Å². The number of aromatic nitrogens is 5. The van der Waals surface area contributed by atoms with E-state index in [2.05, 4.69) is 30.0 Å². The van der Waals surface area contributed by atoms with Gasteiger partial charge in [-0.25, -0.2) is 4.98 Å². The highest BCUT2D eigenvalue weighted by atomic mass is 16.5. The van der Waals surface area contributed by atoms with Crippen molar-refractivity contribution in [2.45, 2.75) is 32.9 Å². The lowest BCUT2D eigenvalue weighted by Gasteiger charge is -2.18. The average molecular weight is 352 g/mol. The largest absolute Gasteiger partial charge is 0.472 e. The second-order valence-corrected chi connectivity index (χ2v) is 6.51. The summed E-state index contributed by atoms with van der Waals surface area (Å²) in [5.74, 6) is 2.50. The monoisotopic (exact) mass is 352 g/mol. The Balaban J connectivity index is 1.37. The number of hydrogen-bond acceptors (Lipinski definition) is 8. The van der Waals surface area contributed by atoms with Crippen LogP contribution in [0, 0.1) is 13.8 Å². The maximum atomic E-state index is 5.98. The molecule has 0 aromatic carbocycles. The number of likely N-dealkylation sites (N-methyl/N-ethyl adjacent to an activating group) is 1. The maximum Gasteiger partial charge on any atom is 0.241 e. The molecule has 1 atom stereocenters. The van der Waals surface area contributed by atoms with Crippen molar-refractivity contribution >= 4 is 0 Å². The molecule has 1 aliphatic rings. The van der Waals surface area contributed by atoms with Crippen LogP contribution in [0.4, 0.5) is 0 Å². The van der Waals surface area contributed by atoms with Gasteiger partial charge in [-0.15, -0.1) is 0 Å². The first-order valence-corrected chi connectivity index (χ1v) is 8.52. The third-order valence-corrected chi connectivity index (χ3v) is 4.28. The molecule has 3 aromatic rings. The highest BCUT2D eigenvalue weighted by molar-refractivity contribution is 5.47. The van der Waals surface area contributed by atoms with E-state index in [-0.39, 0.29) is 6.10 Å². The second kappa shape index (κ2) is 6.80. The highest BCUT2D eigenvalue weighted by Crippen LogP contribution is 2.29. The first-order chi connectivity index (χ1) is 12.6. The van der Waals surface area contributed by atoms with Crippen molar-refractivity contribution in [1.82, 2.24) is 30.0 Å². The quantitative estimate of drug-likeness (QED) is 0.688. The molecule has 0 N–H and O–H groups in total. The van der Waals surface area contributed by atoms with Crippen LogP contribution in [0.5, 0.6) is 5.88 Å². The number of nitrogens with zero attached hydrogens (tertiary/aromatic N) is 6. The van der Waals surface area contributed by atoms with Crippen molar-refractivity contribution in [3.05, 3.63) is 47.4 Å². The SMILES string of the molecule is Cc1nc(C)c2c(n1)OC(CN(C)Cc1nc(-c3ccccn3)no1)C2. The molecule has 0 aliphatic carbocycles. The molecule has 1 aliphatic heterocycles. The molecule has 3 aromatic heterocycles. The lowest BCUT2D eigenvalue weighted by Crippen LogP contribution is -2.31. The Morgan fingerprint density at radius 2 is 2.08 bits per heavy atom. The molecule has 0 bridgehead atoms. The summed E-state index contributed by atoms with van der Waals surface area (Å²) in [5, 5.41) is 4.00. The van der Waals surface area contributed by atoms with Crippen molar-refractivity contribution in [3.63, 3.8) is 0 Å². The number of hydrogen-bond donors (Lipinski definition) is 0. The van der Waals surface area contributed by atoms with E-state index in [1.54, 1.807) is 6.20 Å². The van der Waals surface area contributed by atoms with Gasteiger partial charge in [0.15, 0.2) is 0 Å². The number of ether oxygens (including phenoxy) is 1. The summed E-state index contributed by atoms with van der Waals surface area (Å²) in [6.45, 7) is 5.15. The van der Waals surface area contributed by atoms with E-state index in [0.29, 0.717) is 29.8 Å². The molecule has 8 heteroatoms. The molecule has 8 nitrogen and oxygen atoms in total. The van der Waals surface area contributed by atoms with E-state index in [9.17, 15) is 0 Å². The van der Waals surface area contributed by atoms with Crippen LogP contribution in [0.15, 0.2) is 28.9 Å². The van der Waals surface area contributed by atoms with Gasteiger partial charge in [0.1, 0.15) is 17.6 Å². The summed E-state index contributed by atoms with van der Waals surface area (Å²) >= 11 is 0. The average Bonchev–Trinajstić information content (AvgIpc) is 3.22. The van der Waals surface area contributed by atoms with Gasteiger partial charge in [-0.05, 0) is 33.0 Å². The van der Waals surface area contributed by atoms with E-state index >= 15 is 0 Å². The van der Waals surface area contributed by atoms with Crippen LogP contribution < -0.4 is 4.74 Å². The van der Waals surface area contributed by atoms with Gasteiger partial charge in [0.05, 0.1) is 6.54 Å². The molecular weight excluding hydrogens is 332 g/mol. The van der Waals surface area contributed by atoms with Gasteiger partial charge in [-0.1, -0.05) is 11.2 Å². The fourth-order valence-electron chi connectivity index (χ4n) is 3.13. The summed E-state index contributed by atoms with van der Waals surface area (Å²) in [5.41, 5.74) is 2.79. The molecular formula is C18H20N6O2. The van der Waals surface area contributed by atoms with Crippen molar-refractivity contribution in [3.8, 4) is 17.4 Å². The van der Waals surface area contributed by atoms with Crippen molar-refractivity contribution in [2.24, 2.45) is 0 Å². The third kappa shape index (κ3) is 3.41. The van der Waals surface area contributed by atoms with Crippen molar-refractivity contribution in [1.29, 1.82) is 0 Å². The minimum Gasteiger partial charge on any atom is -0.472 e. The predicted molar refractivity (Wildman–Crippen MR) is 93.5 cm³/mol. The first kappa shape index (κ1) is 16.6. The molecule has 134 valence electrons. The van der Waals surface area contributed by atoms with Crippen LogP contribution in [0.1, 0.15) is 23.0 Å². The lowest BCUT2D eigenvalue weighted by molar-refractivity contribution is 0.151. The van der Waals surface area contributed by atoms with E-state index in [4.69, 9.17) is 9.26 Å². The van der Waals surface area contributed by atoms with Crippen LogP contribution in [0.25, 0.3) is 11.5 Å². The van der Waals surface area contributed by atoms with Gasteiger partial charge in [-0.2, -0.15) is 9.97 Å². The van der Waals surface area contributed by atoms with Gasteiger partial charge in [0.2, 0.25) is 17.6 Å². The summed E-state index contributed by atoms with van der Waals surface area (Å²) in [6, 6.07) is 5.60. The summed E-state index contributed by atoms with van der Waals surface area (Å²) < 4.78 is 11.3. The number of pyridine rings is 1. The normalized spacial score (nSPS) is 15.9. The minimum absolute atomic E-state index is 0.0444. The van der Waals surface area contributed by atoms with Gasteiger partial charge in [-0.3, -0.25) is 9.88 Å². The Morgan fingerprint density at radius 3 is 2.88 bits per heavy atom. The van der Waals surface area contributed by atoms with E-state index in [1.807, 2.05) is 39.1 Å². The fourth-order valence-corrected chi connectivity index (χ4v) is 3.13. The Morgan fingerprint density at radius 1 is 1.19 bits per heavy atom. The summed E-state index contributed by atoms with van der Waals surface area (Å²) in [7, 11) is 2.00. The van der Waals surface area contributed by atoms with Gasteiger partial charge in [0.25, 0.3) is 0 Å². The first-order valence-electron chi connectivity index (χ1n) is 8.52. The zero-order valence-electron chi connectivity index (χ0n) is 15.0. The number of fused-ring (bicyclic) bond motifs is 1. The van der Waals surface area contributed by atoms with E-state index < -0.39 is 0 Å². The molecule has 0 spiro atoms. The Kier molecular flexibility index (Phi) is 4.34. The molecule has 0 saturated heterocycles. The molecule has 26 heavy (non-hydrogen) atoms. The topological polar surface area (TPSA) is 90.1 Å². The molecule has 0 saturated carbocycles. The fraction of sp³-hybridized carbons (Fsp3) is 0.389. The standard InChI is InChI=1S/C18H20N6O2/c1-11-14-8-13(25-18(14)21-12(2)20-11)9-24(3)10-16-22-17(23-26-16)15-6-4-5-7-19-15/h4-7,13H,8-10H2,1-3H3. The highest BCUT2D eigenvalue weighted by Gasteiger charge is 2.28. The van der Waals surface area contributed by atoms with Crippen LogP contribution >= 0.6 is 0 Å². The smallest absolute Gasteiger partial charge is 0.241 e. The Hall–Kier alpha value is -2.87. The molecule has 0 fully saturated rings. The van der Waals surface area contributed by atoms with Crippen LogP contribution in [-0.4, -0.2) is 49.7 Å². The summed E-state index contributed by atoms with van der Waals surface area (Å²) in [4.78, 5) is 19.6. The predicted octanol–water partition coefficient (Wildman–Crippen LogP) is 1.97. The zero-order chi connectivity index (χ0) is 18.1. The molecule has 1 unspecified atom stereocenters. The number of rotatable bonds is 5. The Labute approximate surface area is 151 Å². The van der Waals surface area contributed by atoms with Crippen molar-refractivity contribution < 1.29 is 9.26 Å². The molecule has 0 amide bonds. The van der Waals surface area contributed by atoms with E-state index in [0.717, 1.165) is 30.0 Å². The Bertz CT molecular complexity index is 911. The van der Waals surface area contributed by atoms with Crippen molar-refractivity contribution in [2.75, 3.05) is 13.6 Å². The minimum atomic E-state index is 0.0444. The van der Waals surface area contributed by atoms with Crippen LogP contribution in [0.3, 0.4) is 0 Å². The molecule has 0 radical (unpaired) electrons. The van der Waals surface area contributed by atoms with Gasteiger partial charge in [0, 0.05) is 30.4 Å². The lowest BCUT2D eigenvalue weighted by atomic mass is 10.1. The molecule has 4 heterocycles. The maximum absolute atomic E-state index is 5.98. The zero-order valence-corrected chi connectivity index (χ0v) is 15.0. The van der Waals surface area contributed by atoms with Crippen LogP contribution in [0.2, 0.25) is 0 Å². The summed E-state index contributed by atoms with van der Waals surface area (Å²) in [6.07, 6.45) is 2.57.